The van der Waals surface area contributed by atoms with Gasteiger partial charge in [0.25, 0.3) is 0 Å². The average Bonchev–Trinajstić information content (AvgIpc) is 2.11. The first kappa shape index (κ1) is 10.7. The lowest BCUT2D eigenvalue weighted by atomic mass is 10.3. The Kier molecular flexibility index (Phi) is 4.42. The van der Waals surface area contributed by atoms with Gasteiger partial charge < -0.3 is 10.5 Å². The summed E-state index contributed by atoms with van der Waals surface area (Å²) < 4.78 is 4.94. The molecule has 1 aromatic carbocycles. The molecule has 4 heteroatoms. The van der Waals surface area contributed by atoms with E-state index in [-0.39, 0.29) is 0 Å². The normalized spacial score (nSPS) is 10.3. The Labute approximate surface area is 87.4 Å². The van der Waals surface area contributed by atoms with Gasteiger partial charge in [0.05, 0.1) is 6.61 Å². The highest BCUT2D eigenvalue weighted by atomic mass is 35.5. The van der Waals surface area contributed by atoms with Gasteiger partial charge in [0.2, 0.25) is 0 Å². The van der Waals surface area contributed by atoms with Gasteiger partial charge in [0.1, 0.15) is 0 Å². The van der Waals surface area contributed by atoms with Crippen LogP contribution in [0.4, 0.5) is 5.69 Å². The molecule has 0 saturated heterocycles. The van der Waals surface area contributed by atoms with E-state index >= 15 is 0 Å². The van der Waals surface area contributed by atoms with Crippen LogP contribution in [0.25, 0.3) is 0 Å². The Morgan fingerprint density at radius 2 is 2.31 bits per heavy atom. The average molecular weight is 218 g/mol. The zero-order valence-corrected chi connectivity index (χ0v) is 8.99. The van der Waals surface area contributed by atoms with Gasteiger partial charge in [-0.15, -0.1) is 11.8 Å². The number of methoxy groups -OCH3 is 1. The molecule has 0 aromatic heterocycles. The highest BCUT2D eigenvalue weighted by Crippen LogP contribution is 2.27. The third-order valence-electron chi connectivity index (χ3n) is 1.52. The number of hydrogen-bond donors (Lipinski definition) is 1. The SMILES string of the molecule is COCCSc1cc(Cl)ccc1N. The molecule has 0 radical (unpaired) electrons. The second-order valence-corrected chi connectivity index (χ2v) is 4.10. The summed E-state index contributed by atoms with van der Waals surface area (Å²) in [5, 5.41) is 0.717. The van der Waals surface area contributed by atoms with Crippen LogP contribution in [0, 0.1) is 0 Å². The summed E-state index contributed by atoms with van der Waals surface area (Å²) in [4.78, 5) is 1.02. The van der Waals surface area contributed by atoms with Crippen LogP contribution in [0.15, 0.2) is 23.1 Å². The lowest BCUT2D eigenvalue weighted by molar-refractivity contribution is 0.218. The molecule has 0 atom stereocenters. The first-order chi connectivity index (χ1) is 6.24. The minimum atomic E-state index is 0.717. The fraction of sp³-hybridized carbons (Fsp3) is 0.333. The first-order valence-corrected chi connectivity index (χ1v) is 5.27. The summed E-state index contributed by atoms with van der Waals surface area (Å²) in [5.41, 5.74) is 6.52. The van der Waals surface area contributed by atoms with Crippen molar-refractivity contribution in [1.82, 2.24) is 0 Å². The molecule has 1 aromatic rings. The number of thioether (sulfide) groups is 1. The summed E-state index contributed by atoms with van der Waals surface area (Å²) in [7, 11) is 1.68. The molecule has 13 heavy (non-hydrogen) atoms. The van der Waals surface area contributed by atoms with E-state index < -0.39 is 0 Å². The van der Waals surface area contributed by atoms with Crippen LogP contribution in [0.3, 0.4) is 0 Å². The van der Waals surface area contributed by atoms with Crippen molar-refractivity contribution >= 4 is 29.1 Å². The summed E-state index contributed by atoms with van der Waals surface area (Å²) in [6.45, 7) is 0.719. The molecule has 0 unspecified atom stereocenters. The van der Waals surface area contributed by atoms with Crippen LogP contribution in [-0.2, 0) is 4.74 Å². The van der Waals surface area contributed by atoms with Crippen molar-refractivity contribution in [1.29, 1.82) is 0 Å². The number of anilines is 1. The predicted octanol–water partition coefficient (Wildman–Crippen LogP) is 2.66. The molecule has 0 heterocycles. The van der Waals surface area contributed by atoms with E-state index in [1.54, 1.807) is 24.9 Å². The fourth-order valence-electron chi connectivity index (χ4n) is 0.868. The Morgan fingerprint density at radius 3 is 3.00 bits per heavy atom. The molecular formula is C9H12ClNOS. The molecule has 0 amide bonds. The van der Waals surface area contributed by atoms with E-state index in [1.807, 2.05) is 12.1 Å². The molecule has 72 valence electrons. The van der Waals surface area contributed by atoms with E-state index in [9.17, 15) is 0 Å². The summed E-state index contributed by atoms with van der Waals surface area (Å²) in [6.07, 6.45) is 0. The van der Waals surface area contributed by atoms with Crippen molar-refractivity contribution in [3.63, 3.8) is 0 Å². The molecule has 0 aliphatic carbocycles. The fourth-order valence-corrected chi connectivity index (χ4v) is 2.02. The zero-order chi connectivity index (χ0) is 9.68. The maximum Gasteiger partial charge on any atom is 0.0556 e. The van der Waals surface area contributed by atoms with Gasteiger partial charge in [0, 0.05) is 28.5 Å². The Bertz CT molecular complexity index is 280. The Hall–Kier alpha value is -0.380. The minimum Gasteiger partial charge on any atom is -0.398 e. The van der Waals surface area contributed by atoms with Crippen LogP contribution in [0.2, 0.25) is 5.02 Å². The largest absolute Gasteiger partial charge is 0.398 e. The molecule has 1 rings (SSSR count). The summed E-state index contributed by atoms with van der Waals surface area (Å²) in [6, 6.07) is 5.48. The van der Waals surface area contributed by atoms with Gasteiger partial charge in [-0.3, -0.25) is 0 Å². The highest BCUT2D eigenvalue weighted by molar-refractivity contribution is 7.99. The molecule has 2 N–H and O–H groups in total. The maximum atomic E-state index is 5.83. The van der Waals surface area contributed by atoms with Crippen LogP contribution in [0.1, 0.15) is 0 Å². The molecule has 0 bridgehead atoms. The number of nitrogens with two attached hydrogens (primary N) is 1. The zero-order valence-electron chi connectivity index (χ0n) is 7.42. The van der Waals surface area contributed by atoms with Crippen molar-refractivity contribution < 1.29 is 4.74 Å². The first-order valence-electron chi connectivity index (χ1n) is 3.91. The maximum absolute atomic E-state index is 5.83. The van der Waals surface area contributed by atoms with Crippen LogP contribution >= 0.6 is 23.4 Å². The molecule has 0 spiro atoms. The van der Waals surface area contributed by atoms with Crippen molar-refractivity contribution in [2.24, 2.45) is 0 Å². The highest BCUT2D eigenvalue weighted by Gasteiger charge is 2.00. The summed E-state index contributed by atoms with van der Waals surface area (Å²) >= 11 is 7.48. The van der Waals surface area contributed by atoms with Crippen molar-refractivity contribution in [2.75, 3.05) is 25.2 Å². The van der Waals surface area contributed by atoms with Gasteiger partial charge >= 0.3 is 0 Å². The topological polar surface area (TPSA) is 35.2 Å². The Morgan fingerprint density at radius 1 is 1.54 bits per heavy atom. The lowest BCUT2D eigenvalue weighted by Gasteiger charge is -2.04. The predicted molar refractivity (Wildman–Crippen MR) is 58.5 cm³/mol. The van der Waals surface area contributed by atoms with Gasteiger partial charge in [-0.05, 0) is 18.2 Å². The summed E-state index contributed by atoms with van der Waals surface area (Å²) in [5.74, 6) is 0.890. The molecule has 0 fully saturated rings. The Balaban J connectivity index is 2.59. The van der Waals surface area contributed by atoms with E-state index in [0.29, 0.717) is 5.02 Å². The van der Waals surface area contributed by atoms with Crippen molar-refractivity contribution in [2.45, 2.75) is 4.90 Å². The van der Waals surface area contributed by atoms with Gasteiger partial charge in [-0.25, -0.2) is 0 Å². The lowest BCUT2D eigenvalue weighted by Crippen LogP contribution is -1.93. The number of hydrogen-bond acceptors (Lipinski definition) is 3. The molecule has 0 aliphatic rings. The molecule has 0 saturated carbocycles. The number of ether oxygens (including phenoxy) is 1. The molecule has 2 nitrogen and oxygen atoms in total. The van der Waals surface area contributed by atoms with Gasteiger partial charge in [0.15, 0.2) is 0 Å². The van der Waals surface area contributed by atoms with Crippen LogP contribution in [-0.4, -0.2) is 19.5 Å². The van der Waals surface area contributed by atoms with Gasteiger partial charge in [-0.2, -0.15) is 0 Å². The third-order valence-corrected chi connectivity index (χ3v) is 2.79. The quantitative estimate of drug-likeness (QED) is 0.479. The second-order valence-electron chi connectivity index (χ2n) is 2.52. The minimum absolute atomic E-state index is 0.717. The van der Waals surface area contributed by atoms with Crippen LogP contribution < -0.4 is 5.73 Å². The number of rotatable bonds is 4. The molecular weight excluding hydrogens is 206 g/mol. The van der Waals surface area contributed by atoms with Crippen molar-refractivity contribution in [3.8, 4) is 0 Å². The number of halogens is 1. The second kappa shape index (κ2) is 5.37. The number of nitrogen functional groups attached to an aromatic ring is 1. The standard InChI is InChI=1S/C9H12ClNOS/c1-12-4-5-13-9-6-7(10)2-3-8(9)11/h2-3,6H,4-5,11H2,1H3. The number of benzene rings is 1. The van der Waals surface area contributed by atoms with E-state index in [0.717, 1.165) is 22.9 Å². The van der Waals surface area contributed by atoms with Crippen LogP contribution in [0.5, 0.6) is 0 Å². The van der Waals surface area contributed by atoms with E-state index in [1.165, 1.54) is 0 Å². The monoisotopic (exact) mass is 217 g/mol. The molecule has 0 aliphatic heterocycles. The van der Waals surface area contributed by atoms with E-state index in [4.69, 9.17) is 22.1 Å². The third kappa shape index (κ3) is 3.46. The van der Waals surface area contributed by atoms with Crippen molar-refractivity contribution in [3.05, 3.63) is 23.2 Å². The smallest absolute Gasteiger partial charge is 0.0556 e. The van der Waals surface area contributed by atoms with E-state index in [2.05, 4.69) is 0 Å². The van der Waals surface area contributed by atoms with Gasteiger partial charge in [-0.1, -0.05) is 11.6 Å².